The molecule has 0 radical (unpaired) electrons. The fourth-order valence-electron chi connectivity index (χ4n) is 3.84. The molecule has 34 heavy (non-hydrogen) atoms. The van der Waals surface area contributed by atoms with Crippen LogP contribution in [0.4, 0.5) is 0 Å². The van der Waals surface area contributed by atoms with Gasteiger partial charge in [0, 0.05) is 11.1 Å². The minimum Gasteiger partial charge on any atom is -0.508 e. The van der Waals surface area contributed by atoms with E-state index in [1.165, 1.54) is 18.2 Å². The van der Waals surface area contributed by atoms with Gasteiger partial charge in [0.1, 0.15) is 33.8 Å². The number of fused-ring (bicyclic) bond motifs is 2. The van der Waals surface area contributed by atoms with Crippen molar-refractivity contribution >= 4 is 21.9 Å². The molecule has 1 aromatic heterocycles. The van der Waals surface area contributed by atoms with Crippen LogP contribution >= 0.6 is 0 Å². The lowest BCUT2D eigenvalue weighted by Crippen LogP contribution is -2.07. The van der Waals surface area contributed by atoms with Gasteiger partial charge >= 0.3 is 0 Å². The standard InChI is InChI=1S/C28H32O6/c1-15(2)6-10-19-25(31)20(11-7-17(5)8-12-22(30)16(3)4)28-24(26(19)32)27(33)21-14-18(29)9-13-23(21)34-28/h6-7,9,13-14,22,29-32H,3,8,10-12H2,1-2,4-5H3/b17-7+/t22-/m0/s1. The Morgan fingerprint density at radius 1 is 1.03 bits per heavy atom. The molecule has 0 spiro atoms. The molecule has 3 aromatic rings. The van der Waals surface area contributed by atoms with Crippen molar-refractivity contribution in [1.29, 1.82) is 0 Å². The van der Waals surface area contributed by atoms with Gasteiger partial charge in [-0.25, -0.2) is 0 Å². The molecule has 1 heterocycles. The average molecular weight is 465 g/mol. The van der Waals surface area contributed by atoms with E-state index in [-0.39, 0.29) is 57.6 Å². The highest BCUT2D eigenvalue weighted by molar-refractivity contribution is 5.97. The molecule has 6 nitrogen and oxygen atoms in total. The molecule has 0 bridgehead atoms. The first-order chi connectivity index (χ1) is 16.0. The SMILES string of the molecule is C=C(C)[C@@H](O)CC/C(C)=C/Cc1c(O)c(CC=C(C)C)c(O)c2c(=O)c3cc(O)ccc3oc12. The van der Waals surface area contributed by atoms with Gasteiger partial charge in [0.2, 0.25) is 5.43 Å². The van der Waals surface area contributed by atoms with Gasteiger partial charge in [-0.2, -0.15) is 0 Å². The van der Waals surface area contributed by atoms with Crippen molar-refractivity contribution in [2.45, 2.75) is 59.5 Å². The average Bonchev–Trinajstić information content (AvgIpc) is 2.77. The quantitative estimate of drug-likeness (QED) is 0.248. The molecule has 0 aliphatic rings. The second-order valence-corrected chi connectivity index (χ2v) is 9.11. The summed E-state index contributed by atoms with van der Waals surface area (Å²) in [4.78, 5) is 13.3. The van der Waals surface area contributed by atoms with Crippen molar-refractivity contribution < 1.29 is 24.8 Å². The van der Waals surface area contributed by atoms with E-state index in [1.807, 2.05) is 32.9 Å². The summed E-state index contributed by atoms with van der Waals surface area (Å²) >= 11 is 0. The molecule has 0 unspecified atom stereocenters. The van der Waals surface area contributed by atoms with E-state index in [2.05, 4.69) is 6.58 Å². The Hall–Kier alpha value is -3.51. The van der Waals surface area contributed by atoms with Gasteiger partial charge in [0.05, 0.1) is 11.5 Å². The molecule has 0 saturated heterocycles. The van der Waals surface area contributed by atoms with Crippen molar-refractivity contribution in [3.8, 4) is 17.2 Å². The third kappa shape index (κ3) is 5.18. The second-order valence-electron chi connectivity index (χ2n) is 9.11. The van der Waals surface area contributed by atoms with E-state index >= 15 is 0 Å². The highest BCUT2D eigenvalue weighted by Crippen LogP contribution is 2.41. The summed E-state index contributed by atoms with van der Waals surface area (Å²) in [5.74, 6) is -0.522. The van der Waals surface area contributed by atoms with Gasteiger partial charge in [-0.1, -0.05) is 35.5 Å². The van der Waals surface area contributed by atoms with E-state index in [1.54, 1.807) is 6.92 Å². The minimum atomic E-state index is -0.581. The number of aromatic hydroxyl groups is 3. The fourth-order valence-corrected chi connectivity index (χ4v) is 3.84. The van der Waals surface area contributed by atoms with Gasteiger partial charge in [-0.05, 0) is 71.6 Å². The molecule has 0 amide bonds. The van der Waals surface area contributed by atoms with E-state index in [9.17, 15) is 25.2 Å². The topological polar surface area (TPSA) is 111 Å². The molecule has 180 valence electrons. The molecule has 6 heteroatoms. The molecular formula is C28H32O6. The molecule has 0 aliphatic heterocycles. The number of phenolic OH excluding ortho intramolecular Hbond substituents is 3. The lowest BCUT2D eigenvalue weighted by molar-refractivity contribution is 0.201. The maximum atomic E-state index is 13.3. The summed E-state index contributed by atoms with van der Waals surface area (Å²) in [6.45, 7) is 11.3. The smallest absolute Gasteiger partial charge is 0.204 e. The second kappa shape index (κ2) is 10.2. The molecular weight excluding hydrogens is 432 g/mol. The zero-order valence-corrected chi connectivity index (χ0v) is 20.1. The molecule has 0 fully saturated rings. The molecule has 3 rings (SSSR count). The van der Waals surface area contributed by atoms with E-state index in [4.69, 9.17) is 4.42 Å². The van der Waals surface area contributed by atoms with E-state index in [0.29, 0.717) is 24.0 Å². The van der Waals surface area contributed by atoms with Gasteiger partial charge in [0.15, 0.2) is 0 Å². The number of benzene rings is 2. The third-order valence-electron chi connectivity index (χ3n) is 5.99. The van der Waals surface area contributed by atoms with Crippen LogP contribution in [-0.2, 0) is 12.8 Å². The van der Waals surface area contributed by atoms with Crippen molar-refractivity contribution in [2.24, 2.45) is 0 Å². The highest BCUT2D eigenvalue weighted by Gasteiger charge is 2.23. The number of phenols is 3. The van der Waals surface area contributed by atoms with Crippen molar-refractivity contribution in [3.63, 3.8) is 0 Å². The van der Waals surface area contributed by atoms with Crippen LogP contribution in [0.2, 0.25) is 0 Å². The van der Waals surface area contributed by atoms with Crippen molar-refractivity contribution in [2.75, 3.05) is 0 Å². The van der Waals surface area contributed by atoms with Crippen LogP contribution in [0.1, 0.15) is 51.7 Å². The summed E-state index contributed by atoms with van der Waals surface area (Å²) in [6, 6.07) is 4.20. The number of aliphatic hydroxyl groups excluding tert-OH is 1. The van der Waals surface area contributed by atoms with Gasteiger partial charge < -0.3 is 24.8 Å². The Balaban J connectivity index is 2.20. The van der Waals surface area contributed by atoms with Gasteiger partial charge in [-0.15, -0.1) is 0 Å². The highest BCUT2D eigenvalue weighted by atomic mass is 16.3. The molecule has 2 aromatic carbocycles. The lowest BCUT2D eigenvalue weighted by atomic mass is 9.95. The Bertz CT molecular complexity index is 1370. The number of hydrogen-bond donors (Lipinski definition) is 4. The molecule has 0 aliphatic carbocycles. The summed E-state index contributed by atoms with van der Waals surface area (Å²) in [5, 5.41) is 42.1. The third-order valence-corrected chi connectivity index (χ3v) is 5.99. The predicted molar refractivity (Wildman–Crippen MR) is 136 cm³/mol. The van der Waals surface area contributed by atoms with E-state index in [0.717, 1.165) is 11.1 Å². The lowest BCUT2D eigenvalue weighted by Gasteiger charge is -2.15. The fraction of sp³-hybridized carbons (Fsp3) is 0.321. The Morgan fingerprint density at radius 3 is 2.35 bits per heavy atom. The molecule has 1 atom stereocenters. The van der Waals surface area contributed by atoms with Crippen LogP contribution in [0, 0.1) is 0 Å². The van der Waals surface area contributed by atoms with Crippen LogP contribution in [0.25, 0.3) is 21.9 Å². The number of rotatable bonds is 8. The predicted octanol–water partition coefficient (Wildman–Crippen LogP) is 5.78. The van der Waals surface area contributed by atoms with Crippen LogP contribution in [0.15, 0.2) is 62.9 Å². The van der Waals surface area contributed by atoms with Gasteiger partial charge in [0.25, 0.3) is 0 Å². The normalized spacial score (nSPS) is 12.8. The maximum absolute atomic E-state index is 13.3. The van der Waals surface area contributed by atoms with Crippen LogP contribution in [-0.4, -0.2) is 26.5 Å². The van der Waals surface area contributed by atoms with Crippen molar-refractivity contribution in [1.82, 2.24) is 0 Å². The zero-order chi connectivity index (χ0) is 25.2. The van der Waals surface area contributed by atoms with Crippen molar-refractivity contribution in [3.05, 3.63) is 75.0 Å². The Kier molecular flexibility index (Phi) is 7.52. The van der Waals surface area contributed by atoms with E-state index < -0.39 is 11.5 Å². The van der Waals surface area contributed by atoms with Crippen LogP contribution in [0.3, 0.4) is 0 Å². The number of hydrogen-bond acceptors (Lipinski definition) is 6. The zero-order valence-electron chi connectivity index (χ0n) is 20.1. The van der Waals surface area contributed by atoms with Gasteiger partial charge in [-0.3, -0.25) is 4.79 Å². The number of allylic oxidation sites excluding steroid dienone is 4. The summed E-state index contributed by atoms with van der Waals surface area (Å²) < 4.78 is 5.99. The summed E-state index contributed by atoms with van der Waals surface area (Å²) in [5.41, 5.74) is 3.25. The first-order valence-corrected chi connectivity index (χ1v) is 11.3. The number of aliphatic hydroxyl groups is 1. The maximum Gasteiger partial charge on any atom is 0.204 e. The largest absolute Gasteiger partial charge is 0.508 e. The summed E-state index contributed by atoms with van der Waals surface area (Å²) in [6.07, 6.45) is 4.89. The summed E-state index contributed by atoms with van der Waals surface area (Å²) in [7, 11) is 0. The van der Waals surface area contributed by atoms with Crippen LogP contribution < -0.4 is 5.43 Å². The Labute approximate surface area is 198 Å². The Morgan fingerprint density at radius 2 is 1.71 bits per heavy atom. The first-order valence-electron chi connectivity index (χ1n) is 11.3. The monoisotopic (exact) mass is 464 g/mol. The molecule has 0 saturated carbocycles. The first kappa shape index (κ1) is 25.1. The molecule has 4 N–H and O–H groups in total. The minimum absolute atomic E-state index is 0.0215. The van der Waals surface area contributed by atoms with Crippen LogP contribution in [0.5, 0.6) is 17.2 Å².